The summed E-state index contributed by atoms with van der Waals surface area (Å²) in [5.41, 5.74) is 0.304. The minimum Gasteiger partial charge on any atom is -0.491 e. The minimum absolute atomic E-state index is 0.0160. The summed E-state index contributed by atoms with van der Waals surface area (Å²) < 4.78 is 30.4. The van der Waals surface area contributed by atoms with Crippen LogP contribution >= 0.6 is 0 Å². The smallest absolute Gasteiger partial charge is 0.190 e. The standard InChI is InChI=1S/C9H7F2NO/c1-13-9-7(10)4-6(2-3-12)5-8(9)11/h4-5H,2H2,1H3. The first kappa shape index (κ1) is 9.46. The molecule has 0 radical (unpaired) electrons. The van der Waals surface area contributed by atoms with E-state index in [0.29, 0.717) is 5.56 Å². The number of halogens is 2. The maximum Gasteiger partial charge on any atom is 0.190 e. The normalized spacial score (nSPS) is 9.38. The van der Waals surface area contributed by atoms with Crippen LogP contribution < -0.4 is 4.74 Å². The van der Waals surface area contributed by atoms with Gasteiger partial charge in [0.05, 0.1) is 19.6 Å². The highest BCUT2D eigenvalue weighted by molar-refractivity contribution is 5.32. The molecule has 0 spiro atoms. The molecule has 2 nitrogen and oxygen atoms in total. The Balaban J connectivity index is 3.14. The van der Waals surface area contributed by atoms with Crippen LogP contribution in [0, 0.1) is 23.0 Å². The van der Waals surface area contributed by atoms with Gasteiger partial charge in [-0.05, 0) is 17.7 Å². The summed E-state index contributed by atoms with van der Waals surface area (Å²) in [6.07, 6.45) is -0.0160. The topological polar surface area (TPSA) is 33.0 Å². The molecule has 13 heavy (non-hydrogen) atoms. The lowest BCUT2D eigenvalue weighted by molar-refractivity contribution is 0.359. The number of methoxy groups -OCH3 is 1. The molecular formula is C9H7F2NO. The molecule has 0 unspecified atom stereocenters. The molecule has 0 bridgehead atoms. The quantitative estimate of drug-likeness (QED) is 0.702. The molecule has 68 valence electrons. The van der Waals surface area contributed by atoms with E-state index in [0.717, 1.165) is 12.1 Å². The monoisotopic (exact) mass is 183 g/mol. The van der Waals surface area contributed by atoms with Crippen LogP contribution in [0.5, 0.6) is 5.75 Å². The van der Waals surface area contributed by atoms with Gasteiger partial charge >= 0.3 is 0 Å². The van der Waals surface area contributed by atoms with Crippen molar-refractivity contribution in [3.8, 4) is 11.8 Å². The Hall–Kier alpha value is -1.63. The van der Waals surface area contributed by atoms with Crippen molar-refractivity contribution >= 4 is 0 Å². The zero-order valence-electron chi connectivity index (χ0n) is 6.97. The fourth-order valence-corrected chi connectivity index (χ4v) is 1.00. The van der Waals surface area contributed by atoms with Crippen LogP contribution in [0.2, 0.25) is 0 Å². The van der Waals surface area contributed by atoms with E-state index in [9.17, 15) is 8.78 Å². The van der Waals surface area contributed by atoms with Crippen LogP contribution in [0.4, 0.5) is 8.78 Å². The number of rotatable bonds is 2. The summed E-state index contributed by atoms with van der Waals surface area (Å²) >= 11 is 0. The first-order valence-electron chi connectivity index (χ1n) is 3.58. The van der Waals surface area contributed by atoms with Gasteiger partial charge in [-0.2, -0.15) is 5.26 Å². The van der Waals surface area contributed by atoms with Gasteiger partial charge < -0.3 is 4.74 Å². The van der Waals surface area contributed by atoms with Crippen molar-refractivity contribution in [2.24, 2.45) is 0 Å². The van der Waals surface area contributed by atoms with Gasteiger partial charge in [0.15, 0.2) is 17.4 Å². The Kier molecular flexibility index (Phi) is 2.80. The molecule has 0 heterocycles. The van der Waals surface area contributed by atoms with Crippen molar-refractivity contribution in [2.75, 3.05) is 7.11 Å². The Morgan fingerprint density at radius 1 is 1.38 bits per heavy atom. The highest BCUT2D eigenvalue weighted by Gasteiger charge is 2.10. The van der Waals surface area contributed by atoms with Crippen LogP contribution in [0.3, 0.4) is 0 Å². The van der Waals surface area contributed by atoms with Gasteiger partial charge in [0.1, 0.15) is 0 Å². The van der Waals surface area contributed by atoms with Crippen LogP contribution in [-0.4, -0.2) is 7.11 Å². The van der Waals surface area contributed by atoms with Gasteiger partial charge in [-0.1, -0.05) is 0 Å². The van der Waals surface area contributed by atoms with Gasteiger partial charge in [-0.3, -0.25) is 0 Å². The zero-order valence-corrected chi connectivity index (χ0v) is 6.97. The Bertz CT molecular complexity index is 334. The summed E-state index contributed by atoms with van der Waals surface area (Å²) in [7, 11) is 1.19. The Morgan fingerprint density at radius 3 is 2.31 bits per heavy atom. The second-order valence-corrected chi connectivity index (χ2v) is 2.43. The summed E-state index contributed by atoms with van der Waals surface area (Å²) in [5, 5.41) is 8.30. The van der Waals surface area contributed by atoms with Crippen molar-refractivity contribution in [3.05, 3.63) is 29.3 Å². The first-order valence-corrected chi connectivity index (χ1v) is 3.58. The fraction of sp³-hybridized carbons (Fsp3) is 0.222. The molecule has 4 heteroatoms. The number of nitrogens with zero attached hydrogens (tertiary/aromatic N) is 1. The average Bonchev–Trinajstić information content (AvgIpc) is 2.04. The molecule has 1 aromatic rings. The van der Waals surface area contributed by atoms with Crippen LogP contribution in [0.15, 0.2) is 12.1 Å². The number of ether oxygens (including phenoxy) is 1. The van der Waals surface area contributed by atoms with Crippen molar-refractivity contribution in [1.82, 2.24) is 0 Å². The average molecular weight is 183 g/mol. The van der Waals surface area contributed by atoms with Crippen molar-refractivity contribution < 1.29 is 13.5 Å². The van der Waals surface area contributed by atoms with Crippen molar-refractivity contribution in [2.45, 2.75) is 6.42 Å². The summed E-state index contributed by atoms with van der Waals surface area (Å²) in [6.45, 7) is 0. The molecule has 0 N–H and O–H groups in total. The number of hydrogen-bond donors (Lipinski definition) is 0. The van der Waals surface area contributed by atoms with E-state index in [4.69, 9.17) is 5.26 Å². The third kappa shape index (κ3) is 1.94. The minimum atomic E-state index is -0.784. The maximum atomic E-state index is 13.0. The van der Waals surface area contributed by atoms with E-state index in [1.54, 1.807) is 6.07 Å². The maximum absolute atomic E-state index is 13.0. The lowest BCUT2D eigenvalue weighted by Crippen LogP contribution is -1.95. The van der Waals surface area contributed by atoms with Crippen molar-refractivity contribution in [1.29, 1.82) is 5.26 Å². The third-order valence-corrected chi connectivity index (χ3v) is 1.55. The number of hydrogen-bond acceptors (Lipinski definition) is 2. The lowest BCUT2D eigenvalue weighted by atomic mass is 10.1. The highest BCUT2D eigenvalue weighted by atomic mass is 19.1. The number of nitriles is 1. The molecule has 0 amide bonds. The molecule has 1 rings (SSSR count). The summed E-state index contributed by atoms with van der Waals surface area (Å²) in [6, 6.07) is 3.98. The largest absolute Gasteiger partial charge is 0.491 e. The van der Waals surface area contributed by atoms with Gasteiger partial charge in [0.25, 0.3) is 0 Å². The molecular weight excluding hydrogens is 176 g/mol. The molecule has 0 aliphatic rings. The molecule has 1 aromatic carbocycles. The van der Waals surface area contributed by atoms with Gasteiger partial charge in [0.2, 0.25) is 0 Å². The first-order chi connectivity index (χ1) is 6.19. The van der Waals surface area contributed by atoms with Crippen molar-refractivity contribution in [3.63, 3.8) is 0 Å². The fourth-order valence-electron chi connectivity index (χ4n) is 1.00. The molecule has 0 aliphatic carbocycles. The molecule has 0 aromatic heterocycles. The second kappa shape index (κ2) is 3.85. The van der Waals surface area contributed by atoms with Gasteiger partial charge in [0, 0.05) is 0 Å². The molecule has 0 atom stereocenters. The van der Waals surface area contributed by atoms with Crippen LogP contribution in [0.25, 0.3) is 0 Å². The second-order valence-electron chi connectivity index (χ2n) is 2.43. The third-order valence-electron chi connectivity index (χ3n) is 1.55. The van der Waals surface area contributed by atoms with E-state index < -0.39 is 17.4 Å². The van der Waals surface area contributed by atoms with Gasteiger partial charge in [-0.25, -0.2) is 8.78 Å². The zero-order chi connectivity index (χ0) is 9.84. The van der Waals surface area contributed by atoms with E-state index in [1.165, 1.54) is 7.11 Å². The lowest BCUT2D eigenvalue weighted by Gasteiger charge is -2.04. The number of benzene rings is 1. The summed E-state index contributed by atoms with van der Waals surface area (Å²) in [4.78, 5) is 0. The SMILES string of the molecule is COc1c(F)cc(CC#N)cc1F. The van der Waals surface area contributed by atoms with E-state index in [1.807, 2.05) is 0 Å². The van der Waals surface area contributed by atoms with E-state index in [-0.39, 0.29) is 6.42 Å². The Morgan fingerprint density at radius 2 is 1.92 bits per heavy atom. The predicted octanol–water partition coefficient (Wildman–Crippen LogP) is 2.04. The molecule has 0 fully saturated rings. The van der Waals surface area contributed by atoms with Gasteiger partial charge in [-0.15, -0.1) is 0 Å². The van der Waals surface area contributed by atoms with Crippen LogP contribution in [-0.2, 0) is 6.42 Å². The molecule has 0 saturated carbocycles. The predicted molar refractivity (Wildman–Crippen MR) is 42.2 cm³/mol. The summed E-state index contributed by atoms with van der Waals surface area (Å²) in [5.74, 6) is -1.98. The van der Waals surface area contributed by atoms with Crippen LogP contribution in [0.1, 0.15) is 5.56 Å². The highest BCUT2D eigenvalue weighted by Crippen LogP contribution is 2.22. The molecule has 0 saturated heterocycles. The van der Waals surface area contributed by atoms with E-state index >= 15 is 0 Å². The molecule has 0 aliphatic heterocycles. The Labute approximate surface area is 74.4 Å². The van der Waals surface area contributed by atoms with E-state index in [2.05, 4.69) is 4.74 Å².